The first kappa shape index (κ1) is 14.3. The second-order valence-corrected chi connectivity index (χ2v) is 6.09. The fourth-order valence-corrected chi connectivity index (χ4v) is 2.99. The van der Waals surface area contributed by atoms with Gasteiger partial charge in [-0.1, -0.05) is 18.2 Å². The molecule has 1 aliphatic heterocycles. The zero-order chi connectivity index (χ0) is 15.0. The van der Waals surface area contributed by atoms with Crippen LogP contribution in [0.2, 0.25) is 0 Å². The summed E-state index contributed by atoms with van der Waals surface area (Å²) in [6.07, 6.45) is 2.45. The van der Waals surface area contributed by atoms with Crippen molar-refractivity contribution in [1.82, 2.24) is 14.5 Å². The Balaban J connectivity index is 1.68. The molecule has 0 aliphatic carbocycles. The van der Waals surface area contributed by atoms with Gasteiger partial charge in [0.05, 0.1) is 18.1 Å². The number of imidazole rings is 1. The number of aliphatic hydroxyl groups is 1. The Labute approximate surface area is 126 Å². The average molecular weight is 285 g/mol. The third-order valence-electron chi connectivity index (χ3n) is 4.53. The van der Waals surface area contributed by atoms with Crippen LogP contribution in [0.4, 0.5) is 0 Å². The molecule has 0 bridgehead atoms. The average Bonchev–Trinajstić information content (AvgIpc) is 2.83. The van der Waals surface area contributed by atoms with Crippen molar-refractivity contribution >= 4 is 0 Å². The maximum atomic E-state index is 10.5. The lowest BCUT2D eigenvalue weighted by molar-refractivity contribution is 0.104. The summed E-state index contributed by atoms with van der Waals surface area (Å²) in [5.41, 5.74) is 5.98. The summed E-state index contributed by atoms with van der Waals surface area (Å²) in [5, 5.41) is 10.5. The van der Waals surface area contributed by atoms with Crippen LogP contribution in [0.5, 0.6) is 0 Å². The SMILES string of the molecule is Cc1ccc([C@H](O)CN2CCc3c(ncn3C)C2)cc1C. The third-order valence-corrected chi connectivity index (χ3v) is 4.53. The van der Waals surface area contributed by atoms with E-state index >= 15 is 0 Å². The Morgan fingerprint density at radius 2 is 2.10 bits per heavy atom. The Kier molecular flexibility index (Phi) is 3.83. The highest BCUT2D eigenvalue weighted by molar-refractivity contribution is 5.31. The van der Waals surface area contributed by atoms with E-state index in [2.05, 4.69) is 40.4 Å². The van der Waals surface area contributed by atoms with Gasteiger partial charge >= 0.3 is 0 Å². The Hall–Kier alpha value is -1.65. The highest BCUT2D eigenvalue weighted by Gasteiger charge is 2.22. The number of nitrogens with zero attached hydrogens (tertiary/aromatic N) is 3. The van der Waals surface area contributed by atoms with Crippen LogP contribution in [0.3, 0.4) is 0 Å². The summed E-state index contributed by atoms with van der Waals surface area (Å²) in [5.74, 6) is 0. The number of hydrogen-bond acceptors (Lipinski definition) is 3. The zero-order valence-electron chi connectivity index (χ0n) is 13.0. The summed E-state index contributed by atoms with van der Waals surface area (Å²) in [4.78, 5) is 6.74. The maximum Gasteiger partial charge on any atom is 0.0949 e. The van der Waals surface area contributed by atoms with Gasteiger partial charge in [0.1, 0.15) is 0 Å². The number of β-amino-alcohol motifs (C(OH)–C–C–N with tert-alkyl or cyclic N) is 1. The van der Waals surface area contributed by atoms with Crippen LogP contribution in [-0.4, -0.2) is 32.6 Å². The van der Waals surface area contributed by atoms with Gasteiger partial charge in [0, 0.05) is 38.8 Å². The van der Waals surface area contributed by atoms with Crippen molar-refractivity contribution in [1.29, 1.82) is 0 Å². The van der Waals surface area contributed by atoms with E-state index in [1.54, 1.807) is 0 Å². The van der Waals surface area contributed by atoms with E-state index in [9.17, 15) is 5.11 Å². The first-order chi connectivity index (χ1) is 10.0. The lowest BCUT2D eigenvalue weighted by atomic mass is 10.0. The number of benzene rings is 1. The molecule has 0 unspecified atom stereocenters. The van der Waals surface area contributed by atoms with Crippen LogP contribution in [0.25, 0.3) is 0 Å². The molecule has 1 N–H and O–H groups in total. The number of aromatic nitrogens is 2. The van der Waals surface area contributed by atoms with Crippen molar-refractivity contribution in [2.45, 2.75) is 32.9 Å². The fraction of sp³-hybridized carbons (Fsp3) is 0.471. The topological polar surface area (TPSA) is 41.3 Å². The molecule has 4 heteroatoms. The van der Waals surface area contributed by atoms with E-state index < -0.39 is 6.10 Å². The standard InChI is InChI=1S/C17H23N3O/c1-12-4-5-14(8-13(12)2)17(21)10-20-7-6-16-15(9-20)18-11-19(16)3/h4-5,8,11,17,21H,6-7,9-10H2,1-3H3/t17-/m1/s1. The molecule has 1 atom stereocenters. The normalized spacial score (nSPS) is 16.8. The van der Waals surface area contributed by atoms with Crippen LogP contribution in [0, 0.1) is 13.8 Å². The molecule has 1 aromatic carbocycles. The minimum absolute atomic E-state index is 0.436. The molecule has 2 heterocycles. The van der Waals surface area contributed by atoms with E-state index in [1.165, 1.54) is 16.8 Å². The van der Waals surface area contributed by atoms with E-state index in [0.717, 1.165) is 30.8 Å². The second-order valence-electron chi connectivity index (χ2n) is 6.09. The van der Waals surface area contributed by atoms with Gasteiger partial charge in [-0.25, -0.2) is 4.98 Å². The van der Waals surface area contributed by atoms with E-state index in [4.69, 9.17) is 0 Å². The van der Waals surface area contributed by atoms with Gasteiger partial charge in [0.15, 0.2) is 0 Å². The van der Waals surface area contributed by atoms with Gasteiger partial charge in [-0.05, 0) is 30.5 Å². The molecular formula is C17H23N3O. The van der Waals surface area contributed by atoms with Crippen LogP contribution in [0.15, 0.2) is 24.5 Å². The van der Waals surface area contributed by atoms with Crippen molar-refractivity contribution in [3.63, 3.8) is 0 Å². The van der Waals surface area contributed by atoms with Crippen molar-refractivity contribution in [3.8, 4) is 0 Å². The van der Waals surface area contributed by atoms with Gasteiger partial charge < -0.3 is 9.67 Å². The van der Waals surface area contributed by atoms with Crippen molar-refractivity contribution in [3.05, 3.63) is 52.6 Å². The monoisotopic (exact) mass is 285 g/mol. The Morgan fingerprint density at radius 1 is 1.29 bits per heavy atom. The quantitative estimate of drug-likeness (QED) is 0.939. The molecule has 0 spiro atoms. The van der Waals surface area contributed by atoms with Gasteiger partial charge in [0.25, 0.3) is 0 Å². The predicted molar refractivity (Wildman–Crippen MR) is 83.1 cm³/mol. The largest absolute Gasteiger partial charge is 0.387 e. The zero-order valence-corrected chi connectivity index (χ0v) is 13.0. The molecule has 2 aromatic rings. The first-order valence-corrected chi connectivity index (χ1v) is 7.51. The minimum atomic E-state index is -0.436. The van der Waals surface area contributed by atoms with Gasteiger partial charge in [-0.2, -0.15) is 0 Å². The third kappa shape index (κ3) is 2.87. The van der Waals surface area contributed by atoms with Crippen LogP contribution in [0.1, 0.15) is 34.2 Å². The molecule has 4 nitrogen and oxygen atoms in total. The summed E-state index contributed by atoms with van der Waals surface area (Å²) in [7, 11) is 2.05. The Morgan fingerprint density at radius 3 is 2.86 bits per heavy atom. The smallest absolute Gasteiger partial charge is 0.0949 e. The lowest BCUT2D eigenvalue weighted by Gasteiger charge is -2.28. The number of aryl methyl sites for hydroxylation is 3. The minimum Gasteiger partial charge on any atom is -0.387 e. The molecule has 0 saturated heterocycles. The van der Waals surface area contributed by atoms with Crippen molar-refractivity contribution < 1.29 is 5.11 Å². The Bertz CT molecular complexity index is 647. The molecule has 3 rings (SSSR count). The number of aliphatic hydroxyl groups excluding tert-OH is 1. The fourth-order valence-electron chi connectivity index (χ4n) is 2.99. The molecule has 0 fully saturated rings. The van der Waals surface area contributed by atoms with Crippen LogP contribution < -0.4 is 0 Å². The first-order valence-electron chi connectivity index (χ1n) is 7.51. The van der Waals surface area contributed by atoms with Gasteiger partial charge in [0.2, 0.25) is 0 Å². The number of rotatable bonds is 3. The molecular weight excluding hydrogens is 262 g/mol. The summed E-state index contributed by atoms with van der Waals surface area (Å²) in [6, 6.07) is 6.21. The van der Waals surface area contributed by atoms with Crippen LogP contribution >= 0.6 is 0 Å². The van der Waals surface area contributed by atoms with E-state index in [0.29, 0.717) is 6.54 Å². The maximum absolute atomic E-state index is 10.5. The molecule has 21 heavy (non-hydrogen) atoms. The molecule has 0 amide bonds. The highest BCUT2D eigenvalue weighted by atomic mass is 16.3. The second kappa shape index (κ2) is 5.62. The van der Waals surface area contributed by atoms with Crippen molar-refractivity contribution in [2.75, 3.05) is 13.1 Å². The van der Waals surface area contributed by atoms with E-state index in [-0.39, 0.29) is 0 Å². The molecule has 112 valence electrons. The molecule has 1 aromatic heterocycles. The molecule has 0 saturated carbocycles. The van der Waals surface area contributed by atoms with Gasteiger partial charge in [-0.3, -0.25) is 4.90 Å². The lowest BCUT2D eigenvalue weighted by Crippen LogP contribution is -2.34. The van der Waals surface area contributed by atoms with Crippen molar-refractivity contribution in [2.24, 2.45) is 7.05 Å². The summed E-state index contributed by atoms with van der Waals surface area (Å²) < 4.78 is 2.10. The molecule has 0 radical (unpaired) electrons. The predicted octanol–water partition coefficient (Wildman–Crippen LogP) is 2.13. The summed E-state index contributed by atoms with van der Waals surface area (Å²) in [6.45, 7) is 6.66. The van der Waals surface area contributed by atoms with E-state index in [1.807, 2.05) is 19.4 Å². The highest BCUT2D eigenvalue weighted by Crippen LogP contribution is 2.22. The van der Waals surface area contributed by atoms with Gasteiger partial charge in [-0.15, -0.1) is 0 Å². The number of fused-ring (bicyclic) bond motifs is 1. The summed E-state index contributed by atoms with van der Waals surface area (Å²) >= 11 is 0. The number of hydrogen-bond donors (Lipinski definition) is 1. The molecule has 1 aliphatic rings. The van der Waals surface area contributed by atoms with Crippen LogP contribution in [-0.2, 0) is 20.0 Å².